The van der Waals surface area contributed by atoms with Gasteiger partial charge in [0.05, 0.1) is 0 Å². The first-order chi connectivity index (χ1) is 9.20. The molecule has 0 saturated heterocycles. The molecule has 0 aromatic heterocycles. The van der Waals surface area contributed by atoms with E-state index in [1.165, 1.54) is 5.56 Å². The summed E-state index contributed by atoms with van der Waals surface area (Å²) in [5.41, 5.74) is 3.13. The highest BCUT2D eigenvalue weighted by molar-refractivity contribution is 5.96. The standard InChI is InChI=1S/C18H18O/c1-3-15(16-11-9-14(2)10-12-16)13-18(19)17-7-5-4-6-8-17/h3-12,15H,1,13H2,2H3/t15-/m1/s1. The third-order valence-electron chi connectivity index (χ3n) is 3.29. The summed E-state index contributed by atoms with van der Waals surface area (Å²) in [7, 11) is 0. The van der Waals surface area contributed by atoms with E-state index in [2.05, 4.69) is 37.8 Å². The van der Waals surface area contributed by atoms with Gasteiger partial charge in [0.25, 0.3) is 0 Å². The van der Waals surface area contributed by atoms with Crippen LogP contribution >= 0.6 is 0 Å². The topological polar surface area (TPSA) is 17.1 Å². The molecule has 0 aliphatic heterocycles. The van der Waals surface area contributed by atoms with E-state index in [-0.39, 0.29) is 11.7 Å². The Labute approximate surface area is 114 Å². The smallest absolute Gasteiger partial charge is 0.163 e. The van der Waals surface area contributed by atoms with Crippen LogP contribution in [0.15, 0.2) is 67.3 Å². The molecule has 0 spiro atoms. The highest BCUT2D eigenvalue weighted by Crippen LogP contribution is 2.23. The van der Waals surface area contributed by atoms with Gasteiger partial charge in [-0.2, -0.15) is 0 Å². The molecule has 2 aromatic carbocycles. The second-order valence-corrected chi connectivity index (χ2v) is 4.75. The van der Waals surface area contributed by atoms with Crippen molar-refractivity contribution >= 4 is 5.78 Å². The highest BCUT2D eigenvalue weighted by Gasteiger charge is 2.14. The second-order valence-electron chi connectivity index (χ2n) is 4.75. The molecule has 1 atom stereocenters. The Hall–Kier alpha value is -2.15. The molecular formula is C18H18O. The molecule has 0 aliphatic carbocycles. The number of aryl methyl sites for hydroxylation is 1. The Morgan fingerprint density at radius 3 is 2.32 bits per heavy atom. The third kappa shape index (κ3) is 3.41. The van der Waals surface area contributed by atoms with Gasteiger partial charge in [0.1, 0.15) is 0 Å². The molecular weight excluding hydrogens is 232 g/mol. The predicted molar refractivity (Wildman–Crippen MR) is 79.5 cm³/mol. The molecule has 0 saturated carbocycles. The number of rotatable bonds is 5. The summed E-state index contributed by atoms with van der Waals surface area (Å²) in [6.07, 6.45) is 2.32. The minimum atomic E-state index is 0.0771. The largest absolute Gasteiger partial charge is 0.294 e. The summed E-state index contributed by atoms with van der Waals surface area (Å²) >= 11 is 0. The molecule has 1 heteroatoms. The van der Waals surface area contributed by atoms with Gasteiger partial charge in [0.2, 0.25) is 0 Å². The molecule has 0 heterocycles. The molecule has 0 bridgehead atoms. The van der Waals surface area contributed by atoms with Crippen LogP contribution in [0.1, 0.15) is 33.8 Å². The van der Waals surface area contributed by atoms with Crippen LogP contribution in [0.5, 0.6) is 0 Å². The SMILES string of the molecule is C=C[C@H](CC(=O)c1ccccc1)c1ccc(C)cc1. The first-order valence-electron chi connectivity index (χ1n) is 6.48. The van der Waals surface area contributed by atoms with Gasteiger partial charge in [-0.1, -0.05) is 66.2 Å². The summed E-state index contributed by atoms with van der Waals surface area (Å²) in [5, 5.41) is 0. The summed E-state index contributed by atoms with van der Waals surface area (Å²) < 4.78 is 0. The zero-order valence-corrected chi connectivity index (χ0v) is 11.2. The van der Waals surface area contributed by atoms with E-state index in [1.54, 1.807) is 0 Å². The number of hydrogen-bond donors (Lipinski definition) is 0. The molecule has 2 rings (SSSR count). The first-order valence-corrected chi connectivity index (χ1v) is 6.48. The van der Waals surface area contributed by atoms with E-state index < -0.39 is 0 Å². The van der Waals surface area contributed by atoms with Crippen LogP contribution in [-0.2, 0) is 0 Å². The van der Waals surface area contributed by atoms with Gasteiger partial charge in [0.15, 0.2) is 5.78 Å². The third-order valence-corrected chi connectivity index (χ3v) is 3.29. The maximum atomic E-state index is 12.2. The number of ketones is 1. The summed E-state index contributed by atoms with van der Waals surface area (Å²) in [6, 6.07) is 17.7. The zero-order chi connectivity index (χ0) is 13.7. The average molecular weight is 250 g/mol. The lowest BCUT2D eigenvalue weighted by Crippen LogP contribution is -2.05. The lowest BCUT2D eigenvalue weighted by Gasteiger charge is -2.12. The average Bonchev–Trinajstić information content (AvgIpc) is 2.46. The highest BCUT2D eigenvalue weighted by atomic mass is 16.1. The summed E-state index contributed by atoms with van der Waals surface area (Å²) in [6.45, 7) is 5.91. The van der Waals surface area contributed by atoms with Crippen molar-refractivity contribution in [1.82, 2.24) is 0 Å². The number of benzene rings is 2. The lowest BCUT2D eigenvalue weighted by atomic mass is 9.91. The lowest BCUT2D eigenvalue weighted by molar-refractivity contribution is 0.0978. The van der Waals surface area contributed by atoms with Crippen LogP contribution in [0.3, 0.4) is 0 Å². The maximum Gasteiger partial charge on any atom is 0.163 e. The van der Waals surface area contributed by atoms with E-state index in [9.17, 15) is 4.79 Å². The number of carbonyl (C=O) groups is 1. The summed E-state index contributed by atoms with van der Waals surface area (Å²) in [4.78, 5) is 12.2. The minimum Gasteiger partial charge on any atom is -0.294 e. The van der Waals surface area contributed by atoms with E-state index in [0.29, 0.717) is 6.42 Å². The van der Waals surface area contributed by atoms with E-state index in [1.807, 2.05) is 36.4 Å². The number of carbonyl (C=O) groups excluding carboxylic acids is 1. The van der Waals surface area contributed by atoms with Crippen molar-refractivity contribution in [3.8, 4) is 0 Å². The van der Waals surface area contributed by atoms with Crippen molar-refractivity contribution in [3.05, 3.63) is 83.9 Å². The summed E-state index contributed by atoms with van der Waals surface area (Å²) in [5.74, 6) is 0.236. The van der Waals surface area contributed by atoms with Crippen LogP contribution in [0.4, 0.5) is 0 Å². The first kappa shape index (κ1) is 13.3. The van der Waals surface area contributed by atoms with Gasteiger partial charge in [-0.3, -0.25) is 4.79 Å². The van der Waals surface area contributed by atoms with Crippen molar-refractivity contribution in [2.45, 2.75) is 19.3 Å². The van der Waals surface area contributed by atoms with Crippen LogP contribution < -0.4 is 0 Å². The Kier molecular flexibility index (Phi) is 4.30. The van der Waals surface area contributed by atoms with E-state index >= 15 is 0 Å². The predicted octanol–water partition coefficient (Wildman–Crippen LogP) is 4.54. The monoisotopic (exact) mass is 250 g/mol. The fourth-order valence-electron chi connectivity index (χ4n) is 2.09. The molecule has 1 nitrogen and oxygen atoms in total. The fraction of sp³-hybridized carbons (Fsp3) is 0.167. The van der Waals surface area contributed by atoms with Crippen LogP contribution in [0.25, 0.3) is 0 Å². The molecule has 0 amide bonds. The Bertz CT molecular complexity index is 552. The van der Waals surface area contributed by atoms with Crippen LogP contribution in [-0.4, -0.2) is 5.78 Å². The molecule has 2 aromatic rings. The van der Waals surface area contributed by atoms with Gasteiger partial charge < -0.3 is 0 Å². The molecule has 0 fully saturated rings. The van der Waals surface area contributed by atoms with Crippen LogP contribution in [0, 0.1) is 6.92 Å². The van der Waals surface area contributed by atoms with Gasteiger partial charge in [-0.25, -0.2) is 0 Å². The van der Waals surface area contributed by atoms with Crippen molar-refractivity contribution in [2.24, 2.45) is 0 Å². The number of allylic oxidation sites excluding steroid dienone is 1. The Balaban J connectivity index is 2.14. The van der Waals surface area contributed by atoms with Crippen LogP contribution in [0.2, 0.25) is 0 Å². The quantitative estimate of drug-likeness (QED) is 0.562. The van der Waals surface area contributed by atoms with Crippen molar-refractivity contribution < 1.29 is 4.79 Å². The van der Waals surface area contributed by atoms with E-state index in [4.69, 9.17) is 0 Å². The van der Waals surface area contributed by atoms with Gasteiger partial charge in [0, 0.05) is 17.9 Å². The van der Waals surface area contributed by atoms with E-state index in [0.717, 1.165) is 11.1 Å². The van der Waals surface area contributed by atoms with Crippen molar-refractivity contribution in [3.63, 3.8) is 0 Å². The maximum absolute atomic E-state index is 12.2. The number of hydrogen-bond acceptors (Lipinski definition) is 1. The van der Waals surface area contributed by atoms with Gasteiger partial charge in [-0.05, 0) is 12.5 Å². The molecule has 0 radical (unpaired) electrons. The fourth-order valence-corrected chi connectivity index (χ4v) is 2.09. The second kappa shape index (κ2) is 6.14. The van der Waals surface area contributed by atoms with Crippen molar-refractivity contribution in [2.75, 3.05) is 0 Å². The minimum absolute atomic E-state index is 0.0771. The molecule has 96 valence electrons. The van der Waals surface area contributed by atoms with Gasteiger partial charge >= 0.3 is 0 Å². The van der Waals surface area contributed by atoms with Gasteiger partial charge in [-0.15, -0.1) is 6.58 Å². The zero-order valence-electron chi connectivity index (χ0n) is 11.2. The molecule has 19 heavy (non-hydrogen) atoms. The van der Waals surface area contributed by atoms with Crippen molar-refractivity contribution in [1.29, 1.82) is 0 Å². The normalized spacial score (nSPS) is 11.8. The molecule has 0 aliphatic rings. The molecule has 0 N–H and O–H groups in total. The molecule has 0 unspecified atom stereocenters. The Morgan fingerprint density at radius 1 is 1.11 bits per heavy atom. The number of Topliss-reactive ketones (excluding diaryl/α,β-unsaturated/α-hetero) is 1. The Morgan fingerprint density at radius 2 is 1.74 bits per heavy atom.